The van der Waals surface area contributed by atoms with Crippen LogP contribution >= 0.6 is 0 Å². The van der Waals surface area contributed by atoms with Crippen LogP contribution in [0.15, 0.2) is 91.3 Å². The number of rotatable bonds is 6. The summed E-state index contributed by atoms with van der Waals surface area (Å²) in [6.45, 7) is 0.542. The highest BCUT2D eigenvalue weighted by Crippen LogP contribution is 2.33. The van der Waals surface area contributed by atoms with E-state index in [1.54, 1.807) is 13.4 Å². The maximum Gasteiger partial charge on any atom is 0.226 e. The molecular formula is C25H22N4O2. The average Bonchev–Trinajstić information content (AvgIpc) is 3.32. The normalized spacial score (nSPS) is 14.9. The van der Waals surface area contributed by atoms with E-state index in [9.17, 15) is 0 Å². The van der Waals surface area contributed by atoms with Crippen molar-refractivity contribution in [3.8, 4) is 11.5 Å². The van der Waals surface area contributed by atoms with Gasteiger partial charge in [0.2, 0.25) is 5.95 Å². The molecule has 0 unspecified atom stereocenters. The molecule has 1 aliphatic rings. The van der Waals surface area contributed by atoms with Crippen LogP contribution in [-0.2, 0) is 6.61 Å². The minimum atomic E-state index is -0.0804. The minimum Gasteiger partial charge on any atom is -0.497 e. The summed E-state index contributed by atoms with van der Waals surface area (Å²) in [5.41, 5.74) is 4.24. The summed E-state index contributed by atoms with van der Waals surface area (Å²) in [6, 6.07) is 26.2. The molecule has 0 bridgehead atoms. The first-order chi connectivity index (χ1) is 15.3. The first kappa shape index (κ1) is 18.9. The van der Waals surface area contributed by atoms with E-state index in [0.29, 0.717) is 12.6 Å². The molecule has 1 N–H and O–H groups in total. The predicted molar refractivity (Wildman–Crippen MR) is 120 cm³/mol. The lowest BCUT2D eigenvalue weighted by Crippen LogP contribution is -2.20. The van der Waals surface area contributed by atoms with Crippen LogP contribution in [-0.4, -0.2) is 21.9 Å². The highest BCUT2D eigenvalue weighted by Gasteiger charge is 2.23. The van der Waals surface area contributed by atoms with Gasteiger partial charge in [-0.15, -0.1) is 0 Å². The van der Waals surface area contributed by atoms with Crippen molar-refractivity contribution in [3.05, 3.63) is 108 Å². The topological polar surface area (TPSA) is 61.2 Å². The zero-order valence-corrected chi connectivity index (χ0v) is 17.1. The lowest BCUT2D eigenvalue weighted by molar-refractivity contribution is 0.306. The maximum atomic E-state index is 5.93. The molecule has 0 saturated heterocycles. The van der Waals surface area contributed by atoms with Crippen LogP contribution in [0.25, 0.3) is 5.70 Å². The fraction of sp³-hybridized carbons (Fsp3) is 0.120. The number of anilines is 1. The molecule has 0 radical (unpaired) electrons. The first-order valence-corrected chi connectivity index (χ1v) is 10.1. The molecule has 5 rings (SSSR count). The third-order valence-electron chi connectivity index (χ3n) is 5.26. The van der Waals surface area contributed by atoms with Crippen LogP contribution in [0.4, 0.5) is 5.95 Å². The average molecular weight is 410 g/mol. The van der Waals surface area contributed by atoms with Gasteiger partial charge in [-0.05, 0) is 41.5 Å². The van der Waals surface area contributed by atoms with Crippen molar-refractivity contribution < 1.29 is 9.47 Å². The molecule has 6 heteroatoms. The van der Waals surface area contributed by atoms with Crippen molar-refractivity contribution >= 4 is 11.6 Å². The van der Waals surface area contributed by atoms with Crippen LogP contribution in [0.1, 0.15) is 22.7 Å². The monoisotopic (exact) mass is 410 g/mol. The summed E-state index contributed by atoms with van der Waals surface area (Å²) in [7, 11) is 1.67. The van der Waals surface area contributed by atoms with Crippen molar-refractivity contribution in [1.82, 2.24) is 14.8 Å². The van der Waals surface area contributed by atoms with Crippen molar-refractivity contribution in [2.75, 3.05) is 12.4 Å². The zero-order chi connectivity index (χ0) is 21.0. The fourth-order valence-corrected chi connectivity index (χ4v) is 3.63. The van der Waals surface area contributed by atoms with Gasteiger partial charge in [-0.3, -0.25) is 0 Å². The second-order valence-corrected chi connectivity index (χ2v) is 7.25. The molecule has 1 aromatic heterocycles. The van der Waals surface area contributed by atoms with Gasteiger partial charge in [0.25, 0.3) is 0 Å². The molecule has 1 aliphatic heterocycles. The first-order valence-electron chi connectivity index (χ1n) is 10.1. The Hall–Kier alpha value is -4.06. The Balaban J connectivity index is 1.40. The lowest BCUT2D eigenvalue weighted by atomic mass is 10.0. The summed E-state index contributed by atoms with van der Waals surface area (Å²) in [5.74, 6) is 2.34. The summed E-state index contributed by atoms with van der Waals surface area (Å²) in [4.78, 5) is 4.38. The highest BCUT2D eigenvalue weighted by molar-refractivity contribution is 5.77. The number of ether oxygens (including phenoxy) is 2. The summed E-state index contributed by atoms with van der Waals surface area (Å²) in [5, 5.41) is 7.78. The van der Waals surface area contributed by atoms with Gasteiger partial charge in [0.05, 0.1) is 7.11 Å². The van der Waals surface area contributed by atoms with Crippen molar-refractivity contribution in [2.24, 2.45) is 0 Å². The molecule has 31 heavy (non-hydrogen) atoms. The van der Waals surface area contributed by atoms with Crippen LogP contribution in [0, 0.1) is 0 Å². The largest absolute Gasteiger partial charge is 0.497 e. The van der Waals surface area contributed by atoms with E-state index < -0.39 is 0 Å². The van der Waals surface area contributed by atoms with E-state index in [4.69, 9.17) is 9.47 Å². The Morgan fingerprint density at radius 2 is 1.77 bits per heavy atom. The Labute approximate surface area is 180 Å². The second kappa shape index (κ2) is 8.36. The standard InChI is InChI=1S/C25H22N4O2/c1-30-22-9-5-8-20(14-22)23-15-24(29-25(28-23)26-17-27-29)19-10-12-21(13-11-19)31-16-18-6-3-2-4-7-18/h2-15,17,24H,16H2,1H3,(H,26,27,28)/t24-/m1/s1. The smallest absolute Gasteiger partial charge is 0.226 e. The molecule has 0 saturated carbocycles. The van der Waals surface area contributed by atoms with Crippen molar-refractivity contribution in [1.29, 1.82) is 0 Å². The van der Waals surface area contributed by atoms with Gasteiger partial charge in [0.15, 0.2) is 0 Å². The number of aromatic nitrogens is 3. The van der Waals surface area contributed by atoms with E-state index in [-0.39, 0.29) is 6.04 Å². The van der Waals surface area contributed by atoms with E-state index >= 15 is 0 Å². The van der Waals surface area contributed by atoms with E-state index in [1.165, 1.54) is 0 Å². The minimum absolute atomic E-state index is 0.0804. The molecule has 154 valence electrons. The summed E-state index contributed by atoms with van der Waals surface area (Å²) < 4.78 is 13.2. The number of nitrogens with zero attached hydrogens (tertiary/aromatic N) is 3. The number of fused-ring (bicyclic) bond motifs is 1. The molecule has 1 atom stereocenters. The van der Waals surface area contributed by atoms with E-state index in [1.807, 2.05) is 59.3 Å². The summed E-state index contributed by atoms with van der Waals surface area (Å²) >= 11 is 0. The Morgan fingerprint density at radius 3 is 2.58 bits per heavy atom. The van der Waals surface area contributed by atoms with Gasteiger partial charge >= 0.3 is 0 Å². The van der Waals surface area contributed by atoms with Gasteiger partial charge in [0.1, 0.15) is 30.5 Å². The molecule has 0 aliphatic carbocycles. The number of hydrogen-bond acceptors (Lipinski definition) is 5. The molecule has 4 aromatic rings. The highest BCUT2D eigenvalue weighted by atomic mass is 16.5. The van der Waals surface area contributed by atoms with E-state index in [2.05, 4.69) is 45.7 Å². The van der Waals surface area contributed by atoms with Crippen LogP contribution in [0.3, 0.4) is 0 Å². The molecule has 6 nitrogen and oxygen atoms in total. The van der Waals surface area contributed by atoms with Gasteiger partial charge in [0, 0.05) is 11.3 Å². The molecule has 3 aromatic carbocycles. The van der Waals surface area contributed by atoms with Crippen molar-refractivity contribution in [2.45, 2.75) is 12.6 Å². The van der Waals surface area contributed by atoms with E-state index in [0.717, 1.165) is 33.9 Å². The zero-order valence-electron chi connectivity index (χ0n) is 17.1. The fourth-order valence-electron chi connectivity index (χ4n) is 3.63. The molecule has 0 fully saturated rings. The number of methoxy groups -OCH3 is 1. The maximum absolute atomic E-state index is 5.93. The van der Waals surface area contributed by atoms with Crippen LogP contribution < -0.4 is 14.8 Å². The Kier molecular flexibility index (Phi) is 5.10. The molecule has 2 heterocycles. The molecule has 0 amide bonds. The summed E-state index contributed by atoms with van der Waals surface area (Å²) in [6.07, 6.45) is 3.71. The van der Waals surface area contributed by atoms with Crippen LogP contribution in [0.5, 0.6) is 11.5 Å². The van der Waals surface area contributed by atoms with Gasteiger partial charge < -0.3 is 14.8 Å². The van der Waals surface area contributed by atoms with Gasteiger partial charge in [-0.2, -0.15) is 10.1 Å². The quantitative estimate of drug-likeness (QED) is 0.489. The second-order valence-electron chi connectivity index (χ2n) is 7.25. The number of nitrogens with one attached hydrogen (secondary N) is 1. The Bertz CT molecular complexity index is 1200. The van der Waals surface area contributed by atoms with Crippen LogP contribution in [0.2, 0.25) is 0 Å². The Morgan fingerprint density at radius 1 is 0.935 bits per heavy atom. The third kappa shape index (κ3) is 4.00. The predicted octanol–water partition coefficient (Wildman–Crippen LogP) is 4.92. The van der Waals surface area contributed by atoms with Gasteiger partial charge in [-0.25, -0.2) is 4.68 Å². The lowest BCUT2D eigenvalue weighted by Gasteiger charge is -2.24. The number of benzene rings is 3. The molecule has 0 spiro atoms. The number of hydrogen-bond donors (Lipinski definition) is 1. The third-order valence-corrected chi connectivity index (χ3v) is 5.26. The van der Waals surface area contributed by atoms with Gasteiger partial charge in [-0.1, -0.05) is 54.6 Å². The number of allylic oxidation sites excluding steroid dienone is 1. The molecular weight excluding hydrogens is 388 g/mol. The van der Waals surface area contributed by atoms with Crippen molar-refractivity contribution in [3.63, 3.8) is 0 Å². The SMILES string of the molecule is COc1cccc(C2=C[C@H](c3ccc(OCc4ccccc4)cc3)n3ncnc3N2)c1.